The van der Waals surface area contributed by atoms with Crippen LogP contribution in [0, 0.1) is 13.8 Å². The van der Waals surface area contributed by atoms with E-state index in [2.05, 4.69) is 15.0 Å². The van der Waals surface area contributed by atoms with Crippen molar-refractivity contribution < 1.29 is 18.0 Å². The van der Waals surface area contributed by atoms with Gasteiger partial charge in [0.05, 0.1) is 16.5 Å². The molecule has 1 atom stereocenters. The number of benzene rings is 2. The molecular formula is C25H25N3O4S3. The van der Waals surface area contributed by atoms with Crippen molar-refractivity contribution in [3.05, 3.63) is 82.4 Å². The Labute approximate surface area is 212 Å². The van der Waals surface area contributed by atoms with E-state index in [4.69, 9.17) is 0 Å². The van der Waals surface area contributed by atoms with Gasteiger partial charge >= 0.3 is 0 Å². The summed E-state index contributed by atoms with van der Waals surface area (Å²) in [6.07, 6.45) is 0.836. The molecule has 0 saturated heterocycles. The van der Waals surface area contributed by atoms with Crippen LogP contribution in [0.1, 0.15) is 27.2 Å². The Morgan fingerprint density at radius 3 is 2.57 bits per heavy atom. The number of nitrogens with one attached hydrogen (secondary N) is 3. The topological polar surface area (TPSA) is 108 Å². The molecular weight excluding hydrogens is 502 g/mol. The number of hydrogen-bond acceptors (Lipinski definition) is 6. The van der Waals surface area contributed by atoms with Gasteiger partial charge in [-0.15, -0.1) is 23.1 Å². The van der Waals surface area contributed by atoms with Crippen LogP contribution in [-0.4, -0.2) is 37.4 Å². The van der Waals surface area contributed by atoms with Crippen molar-refractivity contribution in [2.45, 2.75) is 29.1 Å². The van der Waals surface area contributed by atoms with Gasteiger partial charge in [0.15, 0.2) is 0 Å². The molecule has 0 aliphatic rings. The molecule has 1 amide bonds. The molecule has 0 aliphatic heterocycles. The highest BCUT2D eigenvalue weighted by Crippen LogP contribution is 2.30. The zero-order valence-electron chi connectivity index (χ0n) is 19.2. The molecule has 0 spiro atoms. The predicted molar refractivity (Wildman–Crippen MR) is 143 cm³/mol. The van der Waals surface area contributed by atoms with Gasteiger partial charge in [-0.2, -0.15) is 0 Å². The summed E-state index contributed by atoms with van der Waals surface area (Å²) >= 11 is 2.61. The number of aryl methyl sites for hydroxylation is 2. The van der Waals surface area contributed by atoms with E-state index < -0.39 is 10.0 Å². The minimum absolute atomic E-state index is 0.186. The fraction of sp³-hybridized carbons (Fsp3) is 0.200. The number of carbonyl (C=O) groups excluding carboxylic acids is 2. The van der Waals surface area contributed by atoms with E-state index in [1.165, 1.54) is 11.8 Å². The molecule has 7 nitrogen and oxygen atoms in total. The molecule has 4 aromatic rings. The van der Waals surface area contributed by atoms with E-state index in [1.54, 1.807) is 36.6 Å². The molecule has 2 aromatic carbocycles. The van der Waals surface area contributed by atoms with Crippen molar-refractivity contribution in [2.75, 3.05) is 11.3 Å². The van der Waals surface area contributed by atoms with Gasteiger partial charge < -0.3 is 15.1 Å². The normalized spacial score (nSPS) is 12.4. The van der Waals surface area contributed by atoms with E-state index >= 15 is 0 Å². The first-order valence-electron chi connectivity index (χ1n) is 10.9. The average molecular weight is 528 g/mol. The smallest absolute Gasteiger partial charge is 0.271 e. The Hall–Kier alpha value is -3.08. The second-order valence-electron chi connectivity index (χ2n) is 8.08. The summed E-state index contributed by atoms with van der Waals surface area (Å²) in [5, 5.41) is 4.89. The number of aromatic nitrogens is 1. The number of H-pyrrole nitrogens is 1. The predicted octanol–water partition coefficient (Wildman–Crippen LogP) is 4.88. The summed E-state index contributed by atoms with van der Waals surface area (Å²) in [5.74, 6) is 0.300. The first-order chi connectivity index (χ1) is 16.8. The van der Waals surface area contributed by atoms with Crippen LogP contribution < -0.4 is 10.0 Å². The third-order valence-electron chi connectivity index (χ3n) is 5.48. The molecule has 3 N–H and O–H groups in total. The zero-order chi connectivity index (χ0) is 25.0. The standard InChI is InChI=1S/C25H25N3O4S3/c1-16-8-9-21(28-35(31,32)25-17(2)10-11-33-25)23-20(16)12-22(27-23)24(30)26-13-19(14-29)34-15-18-6-4-3-5-7-18/h3-12,14,19,27-28H,13,15H2,1-2H3,(H,26,30). The van der Waals surface area contributed by atoms with Crippen LogP contribution >= 0.6 is 23.1 Å². The summed E-state index contributed by atoms with van der Waals surface area (Å²) in [4.78, 5) is 27.4. The maximum Gasteiger partial charge on any atom is 0.271 e. The molecule has 0 aliphatic carbocycles. The summed E-state index contributed by atoms with van der Waals surface area (Å²) in [5.41, 5.74) is 3.86. The van der Waals surface area contributed by atoms with Crippen LogP contribution in [0.3, 0.4) is 0 Å². The lowest BCUT2D eigenvalue weighted by molar-refractivity contribution is -0.107. The van der Waals surface area contributed by atoms with Crippen molar-refractivity contribution >= 4 is 61.9 Å². The summed E-state index contributed by atoms with van der Waals surface area (Å²) in [6.45, 7) is 3.82. The molecule has 2 heterocycles. The molecule has 0 saturated carbocycles. The number of carbonyl (C=O) groups is 2. The van der Waals surface area contributed by atoms with Gasteiger partial charge in [-0.05, 0) is 54.1 Å². The molecule has 1 unspecified atom stereocenters. The maximum absolute atomic E-state index is 12.9. The van der Waals surface area contributed by atoms with Crippen molar-refractivity contribution in [1.82, 2.24) is 10.3 Å². The Morgan fingerprint density at radius 1 is 1.11 bits per heavy atom. The monoisotopic (exact) mass is 527 g/mol. The maximum atomic E-state index is 12.9. The quantitative estimate of drug-likeness (QED) is 0.255. The van der Waals surface area contributed by atoms with Crippen LogP contribution in [0.25, 0.3) is 10.9 Å². The highest BCUT2D eigenvalue weighted by Gasteiger charge is 2.21. The lowest BCUT2D eigenvalue weighted by Gasteiger charge is -2.11. The summed E-state index contributed by atoms with van der Waals surface area (Å²) in [6, 6.07) is 16.7. The zero-order valence-corrected chi connectivity index (χ0v) is 21.6. The van der Waals surface area contributed by atoms with E-state index in [0.717, 1.165) is 34.1 Å². The van der Waals surface area contributed by atoms with E-state index in [9.17, 15) is 18.0 Å². The number of fused-ring (bicyclic) bond motifs is 1. The van der Waals surface area contributed by atoms with Crippen molar-refractivity contribution in [2.24, 2.45) is 0 Å². The Balaban J connectivity index is 1.48. The molecule has 0 fully saturated rings. The number of rotatable bonds is 10. The van der Waals surface area contributed by atoms with Crippen LogP contribution in [0.2, 0.25) is 0 Å². The first kappa shape index (κ1) is 25.0. The van der Waals surface area contributed by atoms with Gasteiger partial charge in [0.1, 0.15) is 16.2 Å². The third-order valence-corrected chi connectivity index (χ3v) is 9.74. The van der Waals surface area contributed by atoms with Crippen LogP contribution in [-0.2, 0) is 20.6 Å². The summed E-state index contributed by atoms with van der Waals surface area (Å²) < 4.78 is 28.7. The highest BCUT2D eigenvalue weighted by atomic mass is 32.2. The highest BCUT2D eigenvalue weighted by molar-refractivity contribution is 7.99. The van der Waals surface area contributed by atoms with Gasteiger partial charge in [-0.3, -0.25) is 9.52 Å². The van der Waals surface area contributed by atoms with Gasteiger partial charge in [0, 0.05) is 17.7 Å². The third kappa shape index (κ3) is 5.77. The number of anilines is 1. The number of amides is 1. The van der Waals surface area contributed by atoms with Crippen molar-refractivity contribution in [3.63, 3.8) is 0 Å². The number of aromatic amines is 1. The molecule has 2 aromatic heterocycles. The fourth-order valence-electron chi connectivity index (χ4n) is 3.60. The molecule has 35 heavy (non-hydrogen) atoms. The van der Waals surface area contributed by atoms with E-state index in [-0.39, 0.29) is 21.9 Å². The molecule has 4 rings (SSSR count). The van der Waals surface area contributed by atoms with Gasteiger partial charge in [0.2, 0.25) is 0 Å². The van der Waals surface area contributed by atoms with Crippen LogP contribution in [0.4, 0.5) is 5.69 Å². The lowest BCUT2D eigenvalue weighted by Crippen LogP contribution is -2.31. The number of thioether (sulfide) groups is 1. The van der Waals surface area contributed by atoms with E-state index in [1.807, 2.05) is 37.3 Å². The Bertz CT molecular complexity index is 1460. The average Bonchev–Trinajstić information content (AvgIpc) is 3.49. The Kier molecular flexibility index (Phi) is 7.63. The summed E-state index contributed by atoms with van der Waals surface area (Å²) in [7, 11) is -3.76. The van der Waals surface area contributed by atoms with E-state index in [0.29, 0.717) is 28.2 Å². The molecule has 10 heteroatoms. The minimum Gasteiger partial charge on any atom is -0.349 e. The fourth-order valence-corrected chi connectivity index (χ4v) is 6.98. The van der Waals surface area contributed by atoms with Crippen molar-refractivity contribution in [1.29, 1.82) is 0 Å². The minimum atomic E-state index is -3.76. The second kappa shape index (κ2) is 10.7. The van der Waals surface area contributed by atoms with Gasteiger partial charge in [-0.1, -0.05) is 36.4 Å². The number of aldehydes is 1. The molecule has 0 bridgehead atoms. The number of hydrogen-bond donors (Lipinski definition) is 3. The largest absolute Gasteiger partial charge is 0.349 e. The van der Waals surface area contributed by atoms with Crippen molar-refractivity contribution in [3.8, 4) is 0 Å². The van der Waals surface area contributed by atoms with Crippen LogP contribution in [0.5, 0.6) is 0 Å². The van der Waals surface area contributed by atoms with Gasteiger partial charge in [-0.25, -0.2) is 8.42 Å². The SMILES string of the molecule is Cc1ccsc1S(=O)(=O)Nc1ccc(C)c2cc(C(=O)NCC(C=O)SCc3ccccc3)[nH]c12. The van der Waals surface area contributed by atoms with Crippen LogP contribution in [0.15, 0.2) is 64.2 Å². The Morgan fingerprint density at radius 2 is 1.89 bits per heavy atom. The lowest BCUT2D eigenvalue weighted by atomic mass is 10.1. The van der Waals surface area contributed by atoms with Gasteiger partial charge in [0.25, 0.3) is 15.9 Å². The second-order valence-corrected chi connectivity index (χ2v) is 12.1. The number of sulfonamides is 1. The molecule has 182 valence electrons. The first-order valence-corrected chi connectivity index (χ1v) is 14.3. The molecule has 0 radical (unpaired) electrons. The number of thiophene rings is 1.